The van der Waals surface area contributed by atoms with Gasteiger partial charge in [0.1, 0.15) is 6.42 Å². The van der Waals surface area contributed by atoms with Gasteiger partial charge in [-0.15, -0.1) is 0 Å². The molecule has 0 spiro atoms. The number of benzene rings is 1. The second-order valence-electron chi connectivity index (χ2n) is 6.54. The molecule has 152 valence electrons. The van der Waals surface area contributed by atoms with Crippen molar-refractivity contribution in [2.24, 2.45) is 0 Å². The van der Waals surface area contributed by atoms with Crippen molar-refractivity contribution in [3.05, 3.63) is 48.0 Å². The molecule has 0 atom stereocenters. The highest BCUT2D eigenvalue weighted by Gasteiger charge is 2.34. The van der Waals surface area contributed by atoms with Gasteiger partial charge in [0.25, 0.3) is 5.91 Å². The number of alkyl halides is 3. The third-order valence-electron chi connectivity index (χ3n) is 4.40. The fraction of sp³-hybridized carbons (Fsp3) is 0.421. The Morgan fingerprint density at radius 1 is 1.14 bits per heavy atom. The molecule has 9 heteroatoms. The van der Waals surface area contributed by atoms with Crippen molar-refractivity contribution in [2.45, 2.75) is 38.0 Å². The molecule has 3 amide bonds. The molecule has 0 saturated carbocycles. The number of halogens is 3. The molecule has 0 aromatic heterocycles. The molecule has 1 aliphatic rings. The minimum absolute atomic E-state index is 0.182. The van der Waals surface area contributed by atoms with Crippen LogP contribution in [0.25, 0.3) is 0 Å². The van der Waals surface area contributed by atoms with E-state index >= 15 is 0 Å². The van der Waals surface area contributed by atoms with Crippen LogP contribution in [-0.4, -0.2) is 47.9 Å². The number of carbonyl (C=O) groups excluding carboxylic acids is 3. The summed E-state index contributed by atoms with van der Waals surface area (Å²) in [5.41, 5.74) is 1.26. The van der Waals surface area contributed by atoms with E-state index in [1.807, 2.05) is 0 Å². The number of hydrogen-bond acceptors (Lipinski definition) is 3. The maximum atomic E-state index is 12.3. The maximum Gasteiger partial charge on any atom is 0.397 e. The molecule has 1 heterocycles. The van der Waals surface area contributed by atoms with Crippen LogP contribution in [0.1, 0.15) is 35.2 Å². The Hall–Kier alpha value is -2.84. The summed E-state index contributed by atoms with van der Waals surface area (Å²) in [6, 6.07) is 6.50. The molecule has 0 aliphatic carbocycles. The average molecular weight is 397 g/mol. The first-order valence-corrected chi connectivity index (χ1v) is 8.82. The standard InChI is InChI=1S/C19H22F3N3O3/c1-2-16(26)23-12-13-3-5-14(6-4-13)18(28)24-15-7-9-25(10-8-15)17(27)11-19(20,21)22/h2-6,15H,1,7-12H2,(H,23,26)(H,24,28). The normalized spacial score (nSPS) is 15.0. The Bertz CT molecular complexity index is 724. The van der Waals surface area contributed by atoms with E-state index in [1.165, 1.54) is 11.0 Å². The van der Waals surface area contributed by atoms with E-state index in [2.05, 4.69) is 17.2 Å². The predicted molar refractivity (Wildman–Crippen MR) is 96.2 cm³/mol. The lowest BCUT2D eigenvalue weighted by atomic mass is 10.0. The molecule has 0 bridgehead atoms. The van der Waals surface area contributed by atoms with Gasteiger partial charge in [-0.05, 0) is 36.6 Å². The van der Waals surface area contributed by atoms with E-state index in [4.69, 9.17) is 0 Å². The van der Waals surface area contributed by atoms with Gasteiger partial charge >= 0.3 is 6.18 Å². The topological polar surface area (TPSA) is 78.5 Å². The minimum atomic E-state index is -4.51. The van der Waals surface area contributed by atoms with Gasteiger partial charge < -0.3 is 15.5 Å². The number of likely N-dealkylation sites (tertiary alicyclic amines) is 1. The molecular weight excluding hydrogens is 375 g/mol. The Balaban J connectivity index is 1.80. The number of carbonyl (C=O) groups is 3. The molecule has 1 saturated heterocycles. The van der Waals surface area contributed by atoms with Crippen LogP contribution in [0.5, 0.6) is 0 Å². The third kappa shape index (κ3) is 6.71. The number of piperidine rings is 1. The van der Waals surface area contributed by atoms with Gasteiger partial charge in [0.05, 0.1) is 0 Å². The van der Waals surface area contributed by atoms with E-state index in [-0.39, 0.29) is 30.9 Å². The van der Waals surface area contributed by atoms with Crippen LogP contribution in [0, 0.1) is 0 Å². The van der Waals surface area contributed by atoms with Gasteiger partial charge in [-0.2, -0.15) is 13.2 Å². The van der Waals surface area contributed by atoms with Crippen molar-refractivity contribution < 1.29 is 27.6 Å². The molecule has 2 N–H and O–H groups in total. The first kappa shape index (κ1) is 21.5. The summed E-state index contributed by atoms with van der Waals surface area (Å²) >= 11 is 0. The predicted octanol–water partition coefficient (Wildman–Crippen LogP) is 2.16. The number of hydrogen-bond donors (Lipinski definition) is 2. The molecule has 28 heavy (non-hydrogen) atoms. The van der Waals surface area contributed by atoms with Crippen molar-refractivity contribution in [1.82, 2.24) is 15.5 Å². The van der Waals surface area contributed by atoms with Crippen molar-refractivity contribution >= 4 is 17.7 Å². The summed E-state index contributed by atoms with van der Waals surface area (Å²) in [6.07, 6.45) is -3.99. The summed E-state index contributed by atoms with van der Waals surface area (Å²) in [5, 5.41) is 5.47. The van der Waals surface area contributed by atoms with Crippen molar-refractivity contribution in [3.8, 4) is 0 Å². The van der Waals surface area contributed by atoms with Gasteiger partial charge in [-0.1, -0.05) is 18.7 Å². The molecule has 1 fully saturated rings. The zero-order valence-corrected chi connectivity index (χ0v) is 15.2. The highest BCUT2D eigenvalue weighted by atomic mass is 19.4. The molecule has 0 radical (unpaired) electrons. The number of rotatable bonds is 6. The summed E-state index contributed by atoms with van der Waals surface area (Å²) < 4.78 is 36.9. The summed E-state index contributed by atoms with van der Waals surface area (Å²) in [5.74, 6) is -1.51. The molecule has 2 rings (SSSR count). The summed E-state index contributed by atoms with van der Waals surface area (Å²) in [6.45, 7) is 4.04. The molecule has 1 aromatic carbocycles. The van der Waals surface area contributed by atoms with E-state index in [0.29, 0.717) is 24.9 Å². The number of amides is 3. The SMILES string of the molecule is C=CC(=O)NCc1ccc(C(=O)NC2CCN(C(=O)CC(F)(F)F)CC2)cc1. The molecule has 1 aromatic rings. The van der Waals surface area contributed by atoms with Crippen molar-refractivity contribution in [1.29, 1.82) is 0 Å². The maximum absolute atomic E-state index is 12.3. The van der Waals surface area contributed by atoms with Crippen molar-refractivity contribution in [3.63, 3.8) is 0 Å². The van der Waals surface area contributed by atoms with Crippen LogP contribution in [0.2, 0.25) is 0 Å². The van der Waals surface area contributed by atoms with Gasteiger partial charge in [0, 0.05) is 31.2 Å². The molecule has 0 unspecified atom stereocenters. The Morgan fingerprint density at radius 2 is 1.75 bits per heavy atom. The minimum Gasteiger partial charge on any atom is -0.349 e. The first-order valence-electron chi connectivity index (χ1n) is 8.82. The third-order valence-corrected chi connectivity index (χ3v) is 4.40. The van der Waals surface area contributed by atoms with Crippen molar-refractivity contribution in [2.75, 3.05) is 13.1 Å². The summed E-state index contributed by atoms with van der Waals surface area (Å²) in [7, 11) is 0. The molecule has 1 aliphatic heterocycles. The van der Waals surface area contributed by atoms with Crippen LogP contribution >= 0.6 is 0 Å². The Morgan fingerprint density at radius 3 is 2.29 bits per heavy atom. The Labute approximate surface area is 160 Å². The van der Waals surface area contributed by atoms with E-state index in [1.54, 1.807) is 24.3 Å². The van der Waals surface area contributed by atoms with Crippen LogP contribution in [-0.2, 0) is 16.1 Å². The highest BCUT2D eigenvalue weighted by Crippen LogP contribution is 2.22. The molecule has 6 nitrogen and oxygen atoms in total. The molecular formula is C19H22F3N3O3. The smallest absolute Gasteiger partial charge is 0.349 e. The lowest BCUT2D eigenvalue weighted by Gasteiger charge is -2.32. The van der Waals surface area contributed by atoms with E-state index < -0.39 is 18.5 Å². The zero-order chi connectivity index (χ0) is 20.7. The fourth-order valence-corrected chi connectivity index (χ4v) is 2.86. The monoisotopic (exact) mass is 397 g/mol. The highest BCUT2D eigenvalue weighted by molar-refractivity contribution is 5.94. The largest absolute Gasteiger partial charge is 0.397 e. The van der Waals surface area contributed by atoms with Gasteiger partial charge in [0.2, 0.25) is 11.8 Å². The number of nitrogens with one attached hydrogen (secondary N) is 2. The van der Waals surface area contributed by atoms with Gasteiger partial charge in [0.15, 0.2) is 0 Å². The van der Waals surface area contributed by atoms with Gasteiger partial charge in [-0.3, -0.25) is 14.4 Å². The first-order chi connectivity index (χ1) is 13.2. The second kappa shape index (κ2) is 9.38. The van der Waals surface area contributed by atoms with Crippen LogP contribution in [0.3, 0.4) is 0 Å². The van der Waals surface area contributed by atoms with E-state index in [0.717, 1.165) is 5.56 Å². The van der Waals surface area contributed by atoms with Crippen LogP contribution in [0.15, 0.2) is 36.9 Å². The fourth-order valence-electron chi connectivity index (χ4n) is 2.86. The van der Waals surface area contributed by atoms with Crippen LogP contribution in [0.4, 0.5) is 13.2 Å². The van der Waals surface area contributed by atoms with Crippen LogP contribution < -0.4 is 10.6 Å². The van der Waals surface area contributed by atoms with E-state index in [9.17, 15) is 27.6 Å². The number of nitrogens with zero attached hydrogens (tertiary/aromatic N) is 1. The lowest BCUT2D eigenvalue weighted by Crippen LogP contribution is -2.47. The van der Waals surface area contributed by atoms with Gasteiger partial charge in [-0.25, -0.2) is 0 Å². The summed E-state index contributed by atoms with van der Waals surface area (Å²) in [4.78, 5) is 36.2. The lowest BCUT2D eigenvalue weighted by molar-refractivity contribution is -0.162. The second-order valence-corrected chi connectivity index (χ2v) is 6.54. The quantitative estimate of drug-likeness (QED) is 0.722. The zero-order valence-electron chi connectivity index (χ0n) is 15.2. The Kier molecular flexibility index (Phi) is 7.19. The average Bonchev–Trinajstić information content (AvgIpc) is 2.65.